The van der Waals surface area contributed by atoms with Crippen molar-refractivity contribution >= 4 is 21.5 Å². The molecule has 8 heteroatoms. The number of rotatable bonds is 11. The molecule has 0 amide bonds. The van der Waals surface area contributed by atoms with Crippen LogP contribution in [0.4, 0.5) is 0 Å². The minimum absolute atomic E-state index is 0.132. The highest BCUT2D eigenvalue weighted by Crippen LogP contribution is 2.57. The highest BCUT2D eigenvalue weighted by Gasteiger charge is 2.34. The molecule has 8 rings (SSSR count). The maximum absolute atomic E-state index is 6.33. The van der Waals surface area contributed by atoms with E-state index in [1.165, 1.54) is 11.1 Å². The average molecular weight is 727 g/mol. The van der Waals surface area contributed by atoms with Gasteiger partial charge in [0.05, 0.1) is 54.9 Å². The Balaban J connectivity index is 1.62. The van der Waals surface area contributed by atoms with Crippen LogP contribution in [-0.4, -0.2) is 56.9 Å². The van der Waals surface area contributed by atoms with Gasteiger partial charge in [-0.05, 0) is 141 Å². The number of benzene rings is 6. The van der Waals surface area contributed by atoms with E-state index in [2.05, 4.69) is 48.5 Å². The van der Waals surface area contributed by atoms with Gasteiger partial charge in [-0.1, -0.05) is 24.3 Å². The predicted molar refractivity (Wildman–Crippen MR) is 213 cm³/mol. The van der Waals surface area contributed by atoms with Crippen LogP contribution < -0.4 is 28.4 Å². The van der Waals surface area contributed by atoms with E-state index in [1.807, 2.05) is 24.3 Å². The summed E-state index contributed by atoms with van der Waals surface area (Å²) in [5, 5.41) is 4.15. The van der Waals surface area contributed by atoms with Crippen LogP contribution in [0.1, 0.15) is 47.3 Å². The van der Waals surface area contributed by atoms with Gasteiger partial charge in [-0.25, -0.2) is 0 Å². The summed E-state index contributed by atoms with van der Waals surface area (Å²) in [6, 6.07) is 25.4. The van der Waals surface area contributed by atoms with Crippen molar-refractivity contribution in [3.63, 3.8) is 0 Å². The molecule has 0 bridgehead atoms. The van der Waals surface area contributed by atoms with Gasteiger partial charge in [0.2, 0.25) is 0 Å². The maximum atomic E-state index is 6.33. The van der Waals surface area contributed by atoms with Crippen molar-refractivity contribution in [2.24, 2.45) is 0 Å². The largest absolute Gasteiger partial charge is 0.497 e. The van der Waals surface area contributed by atoms with Crippen molar-refractivity contribution in [2.45, 2.75) is 37.9 Å². The van der Waals surface area contributed by atoms with E-state index in [0.29, 0.717) is 23.0 Å². The standard InChI is InChI=1S/C46H46O8/c1-47-29-15-9-25(10-16-29)31-23-33(43-39-27(13-19-35(49-3)41(31)39)21-37(51-5)45(43)53-7)34-24-32(26-11-17-30(48-2)18-12-26)42-36(50-4)20-14-28-22-38(52-6)46(54-8)44(34)40(28)42/h9-12,15-18,21-24,35-36H,13-14,19-20H2,1-8H3. The summed E-state index contributed by atoms with van der Waals surface area (Å²) in [6.07, 6.45) is 3.05. The minimum atomic E-state index is -0.132. The fraction of sp³-hybridized carbons (Fsp3) is 0.304. The van der Waals surface area contributed by atoms with Crippen molar-refractivity contribution < 1.29 is 37.9 Å². The van der Waals surface area contributed by atoms with Crippen molar-refractivity contribution in [1.29, 1.82) is 0 Å². The number of ether oxygens (including phenoxy) is 8. The van der Waals surface area contributed by atoms with E-state index in [-0.39, 0.29) is 12.2 Å². The van der Waals surface area contributed by atoms with Gasteiger partial charge in [0, 0.05) is 25.0 Å². The van der Waals surface area contributed by atoms with Crippen LogP contribution in [0.25, 0.3) is 54.9 Å². The third-order valence-corrected chi connectivity index (χ3v) is 11.4. The average Bonchev–Trinajstić information content (AvgIpc) is 3.23. The van der Waals surface area contributed by atoms with Crippen LogP contribution >= 0.6 is 0 Å². The smallest absolute Gasteiger partial charge is 0.169 e. The van der Waals surface area contributed by atoms with Crippen LogP contribution in [0.2, 0.25) is 0 Å². The highest BCUT2D eigenvalue weighted by molar-refractivity contribution is 6.17. The number of methoxy groups -OCH3 is 8. The van der Waals surface area contributed by atoms with Gasteiger partial charge >= 0.3 is 0 Å². The first-order valence-electron chi connectivity index (χ1n) is 18.3. The monoisotopic (exact) mass is 726 g/mol. The van der Waals surface area contributed by atoms with Crippen LogP contribution in [0.5, 0.6) is 34.5 Å². The minimum Gasteiger partial charge on any atom is -0.497 e. The number of hydrogen-bond acceptors (Lipinski definition) is 8. The molecule has 2 atom stereocenters. The molecule has 8 nitrogen and oxygen atoms in total. The summed E-state index contributed by atoms with van der Waals surface area (Å²) in [6.45, 7) is 0. The molecule has 278 valence electrons. The molecule has 2 aliphatic rings. The zero-order chi connectivity index (χ0) is 37.7. The third kappa shape index (κ3) is 5.50. The van der Waals surface area contributed by atoms with Crippen molar-refractivity contribution in [1.82, 2.24) is 0 Å². The van der Waals surface area contributed by atoms with E-state index >= 15 is 0 Å². The maximum Gasteiger partial charge on any atom is 0.169 e. The molecule has 0 spiro atoms. The Bertz CT molecular complexity index is 2210. The van der Waals surface area contributed by atoms with Crippen LogP contribution in [0.3, 0.4) is 0 Å². The fourth-order valence-corrected chi connectivity index (χ4v) is 8.92. The van der Waals surface area contributed by atoms with Gasteiger partial charge in [0.1, 0.15) is 11.5 Å². The van der Waals surface area contributed by atoms with Gasteiger partial charge in [0.15, 0.2) is 23.0 Å². The van der Waals surface area contributed by atoms with E-state index < -0.39 is 0 Å². The number of hydrogen-bond donors (Lipinski definition) is 0. The molecule has 0 aromatic heterocycles. The summed E-state index contributed by atoms with van der Waals surface area (Å²) in [4.78, 5) is 0. The van der Waals surface area contributed by atoms with Crippen LogP contribution in [-0.2, 0) is 22.3 Å². The molecule has 0 aliphatic heterocycles. The Morgan fingerprint density at radius 3 is 1.11 bits per heavy atom. The first kappa shape index (κ1) is 35.6. The van der Waals surface area contributed by atoms with Gasteiger partial charge in [-0.15, -0.1) is 0 Å². The number of aryl methyl sites for hydroxylation is 2. The molecule has 0 fully saturated rings. The molecule has 0 saturated carbocycles. The lowest BCUT2D eigenvalue weighted by atomic mass is 9.76. The second-order valence-corrected chi connectivity index (χ2v) is 13.8. The Labute approximate surface area is 316 Å². The molecule has 0 N–H and O–H groups in total. The molecule has 2 aliphatic carbocycles. The third-order valence-electron chi connectivity index (χ3n) is 11.4. The fourth-order valence-electron chi connectivity index (χ4n) is 8.92. The van der Waals surface area contributed by atoms with Crippen molar-refractivity contribution in [3.8, 4) is 67.9 Å². The van der Waals surface area contributed by atoms with E-state index in [4.69, 9.17) is 37.9 Å². The summed E-state index contributed by atoms with van der Waals surface area (Å²) in [5.41, 5.74) is 10.9. The van der Waals surface area contributed by atoms with Crippen LogP contribution in [0.15, 0.2) is 72.8 Å². The lowest BCUT2D eigenvalue weighted by molar-refractivity contribution is 0.0954. The van der Waals surface area contributed by atoms with Gasteiger partial charge in [-0.2, -0.15) is 0 Å². The summed E-state index contributed by atoms with van der Waals surface area (Å²) in [7, 11) is 13.8. The molecule has 0 radical (unpaired) electrons. The Hall–Kier alpha value is -5.44. The van der Waals surface area contributed by atoms with Crippen molar-refractivity contribution in [3.05, 3.63) is 95.1 Å². The molecule has 6 aromatic rings. The summed E-state index contributed by atoms with van der Waals surface area (Å²) in [5.74, 6) is 4.28. The Morgan fingerprint density at radius 1 is 0.407 bits per heavy atom. The molecule has 0 heterocycles. The first-order valence-corrected chi connectivity index (χ1v) is 18.3. The first-order chi connectivity index (χ1) is 26.4. The van der Waals surface area contributed by atoms with E-state index in [0.717, 1.165) is 103 Å². The zero-order valence-corrected chi connectivity index (χ0v) is 32.2. The molecule has 54 heavy (non-hydrogen) atoms. The Kier molecular flexibility index (Phi) is 9.50. The zero-order valence-electron chi connectivity index (χ0n) is 32.2. The van der Waals surface area contributed by atoms with Gasteiger partial charge in [-0.3, -0.25) is 0 Å². The lowest BCUT2D eigenvalue weighted by Crippen LogP contribution is -2.14. The topological polar surface area (TPSA) is 73.8 Å². The molecule has 2 unspecified atom stereocenters. The summed E-state index contributed by atoms with van der Waals surface area (Å²) < 4.78 is 48.5. The predicted octanol–water partition coefficient (Wildman–Crippen LogP) is 10.3. The van der Waals surface area contributed by atoms with Gasteiger partial charge < -0.3 is 37.9 Å². The van der Waals surface area contributed by atoms with E-state index in [1.54, 1.807) is 56.9 Å². The molecule has 6 aromatic carbocycles. The van der Waals surface area contributed by atoms with Gasteiger partial charge in [0.25, 0.3) is 0 Å². The van der Waals surface area contributed by atoms with E-state index in [9.17, 15) is 0 Å². The summed E-state index contributed by atoms with van der Waals surface area (Å²) >= 11 is 0. The van der Waals surface area contributed by atoms with Crippen LogP contribution in [0, 0.1) is 0 Å². The molecular formula is C46H46O8. The SMILES string of the molecule is COc1ccc(-c2cc(-c3cc(-c4ccc(OC)cc4)c4c5c(cc(OC)c(OC)c35)CCC4OC)c3c(OC)c(OC)cc4c3c2C(OC)CC4)cc1. The lowest BCUT2D eigenvalue weighted by Gasteiger charge is -2.32. The highest BCUT2D eigenvalue weighted by atomic mass is 16.5. The second kappa shape index (κ2) is 14.4. The molecule has 0 saturated heterocycles. The molecular weight excluding hydrogens is 680 g/mol. The Morgan fingerprint density at radius 2 is 0.796 bits per heavy atom. The quantitative estimate of drug-likeness (QED) is 0.131. The second-order valence-electron chi connectivity index (χ2n) is 13.8. The normalized spacial score (nSPS) is 16.0. The van der Waals surface area contributed by atoms with Crippen molar-refractivity contribution in [2.75, 3.05) is 56.9 Å².